The molecule has 3 aromatic rings. The molecule has 1 heterocycles. The molecule has 0 fully saturated rings. The zero-order valence-corrected chi connectivity index (χ0v) is 16.7. The third kappa shape index (κ3) is 3.71. The summed E-state index contributed by atoms with van der Waals surface area (Å²) in [6, 6.07) is 9.34. The molecule has 0 aliphatic heterocycles. The molecule has 0 aliphatic carbocycles. The first kappa shape index (κ1) is 18.7. The fourth-order valence-electron chi connectivity index (χ4n) is 2.48. The Bertz CT molecular complexity index is 1170. The number of rotatable bonds is 4. The van der Waals surface area contributed by atoms with Crippen LogP contribution in [0.25, 0.3) is 22.1 Å². The van der Waals surface area contributed by atoms with Crippen molar-refractivity contribution in [3.8, 4) is 22.8 Å². The second kappa shape index (κ2) is 6.93. The van der Waals surface area contributed by atoms with E-state index >= 15 is 0 Å². The number of hydrogen-bond donors (Lipinski definition) is 2. The van der Waals surface area contributed by atoms with Crippen LogP contribution in [0.2, 0.25) is 0 Å². The Kier molecular flexibility index (Phi) is 5.00. The van der Waals surface area contributed by atoms with E-state index in [9.17, 15) is 13.2 Å². The number of nitrogen functional groups attached to an aromatic ring is 1. The van der Waals surface area contributed by atoms with Crippen molar-refractivity contribution in [2.75, 3.05) is 12.8 Å². The summed E-state index contributed by atoms with van der Waals surface area (Å²) in [6.45, 7) is 0. The van der Waals surface area contributed by atoms with Crippen LogP contribution in [0.4, 0.5) is 5.69 Å². The second-order valence-electron chi connectivity index (χ2n) is 5.54. The monoisotopic (exact) mass is 385 g/mol. The van der Waals surface area contributed by atoms with E-state index in [1.54, 1.807) is 18.2 Å². The van der Waals surface area contributed by atoms with Gasteiger partial charge in [0.25, 0.3) is 0 Å². The van der Waals surface area contributed by atoms with Gasteiger partial charge in [0.15, 0.2) is 0 Å². The van der Waals surface area contributed by atoms with Crippen molar-refractivity contribution < 1.29 is 26.3 Å². The molecule has 0 amide bonds. The van der Waals surface area contributed by atoms with Crippen LogP contribution in [0.5, 0.6) is 11.7 Å². The third-order valence-corrected chi connectivity index (χ3v) is 5.09. The van der Waals surface area contributed by atoms with E-state index in [2.05, 4.69) is 4.18 Å². The molecule has 130 valence electrons. The average Bonchev–Trinajstić information content (AvgIpc) is 2.56. The van der Waals surface area contributed by atoms with Crippen LogP contribution < -0.4 is 22.9 Å². The molecule has 3 rings (SSSR count). The van der Waals surface area contributed by atoms with Gasteiger partial charge in [0, 0.05) is 0 Å². The zero-order valence-electron chi connectivity index (χ0n) is 13.8. The van der Waals surface area contributed by atoms with Crippen LogP contribution in [-0.4, -0.2) is 48.0 Å². The quantitative estimate of drug-likeness (QED) is 0.387. The first-order valence-electron chi connectivity index (χ1n) is 7.38. The summed E-state index contributed by atoms with van der Waals surface area (Å²) in [7, 11) is -3.48. The van der Waals surface area contributed by atoms with Crippen LogP contribution in [0.3, 0.4) is 0 Å². The summed E-state index contributed by atoms with van der Waals surface area (Å²) >= 11 is 0.704. The van der Waals surface area contributed by atoms with E-state index < -0.39 is 21.8 Å². The van der Waals surface area contributed by atoms with Crippen LogP contribution in [0.1, 0.15) is 0 Å². The second-order valence-corrected chi connectivity index (χ2v) is 7.64. The SMILES string of the molecule is COc1ccc2c(=O)c(-c3cc[c]([Na])c(N)c3)c(OS(=O)(=O)O)oc2c1. The van der Waals surface area contributed by atoms with Crippen LogP contribution >= 0.6 is 0 Å². The maximum absolute atomic E-state index is 12.9. The van der Waals surface area contributed by atoms with Crippen molar-refractivity contribution in [2.45, 2.75) is 0 Å². The van der Waals surface area contributed by atoms with Gasteiger partial charge in [-0.1, -0.05) is 0 Å². The Labute approximate surface area is 165 Å². The maximum atomic E-state index is 12.9. The van der Waals surface area contributed by atoms with Gasteiger partial charge in [0.05, 0.1) is 0 Å². The summed E-state index contributed by atoms with van der Waals surface area (Å²) < 4.78 is 47.4. The van der Waals surface area contributed by atoms with Gasteiger partial charge in [0.2, 0.25) is 0 Å². The molecule has 0 unspecified atom stereocenters. The standard InChI is InChI=1S/C16H12NO7S.Na/c1-22-11-5-6-12-13(8-11)23-16(24-25(19,20)21)14(15(12)18)9-3-2-4-10(17)7-9;/h2-3,5-8H,17H2,1H3,(H,19,20,21);. The first-order valence-corrected chi connectivity index (χ1v) is 9.74. The van der Waals surface area contributed by atoms with Gasteiger partial charge in [-0.3, -0.25) is 0 Å². The molecular weight excluding hydrogens is 373 g/mol. The van der Waals surface area contributed by atoms with Crippen molar-refractivity contribution in [2.24, 2.45) is 0 Å². The van der Waals surface area contributed by atoms with Crippen LogP contribution in [-0.2, 0) is 10.4 Å². The van der Waals surface area contributed by atoms with Gasteiger partial charge in [-0.25, -0.2) is 0 Å². The molecule has 3 N–H and O–H groups in total. The molecule has 0 saturated carbocycles. The van der Waals surface area contributed by atoms with E-state index in [1.165, 1.54) is 25.3 Å². The molecule has 26 heavy (non-hydrogen) atoms. The Hall–Kier alpha value is -2.04. The number of nitrogens with two attached hydrogens (primary N) is 1. The Morgan fingerprint density at radius 2 is 1.92 bits per heavy atom. The molecule has 0 radical (unpaired) electrons. The van der Waals surface area contributed by atoms with Gasteiger partial charge in [-0.05, 0) is 0 Å². The molecule has 8 nitrogen and oxygen atoms in total. The van der Waals surface area contributed by atoms with Crippen molar-refractivity contribution in [1.82, 2.24) is 0 Å². The molecule has 0 saturated heterocycles. The van der Waals surface area contributed by atoms with Gasteiger partial charge in [-0.2, -0.15) is 0 Å². The summed E-state index contributed by atoms with van der Waals surface area (Å²) in [5.41, 5.74) is 6.04. The summed E-state index contributed by atoms with van der Waals surface area (Å²) in [5.74, 6) is -0.255. The summed E-state index contributed by atoms with van der Waals surface area (Å²) in [6.07, 6.45) is 0. The number of fused-ring (bicyclic) bond motifs is 1. The Balaban J connectivity index is 2.38. The predicted octanol–water partition coefficient (Wildman–Crippen LogP) is 1.03. The van der Waals surface area contributed by atoms with E-state index in [-0.39, 0.29) is 16.5 Å². The molecule has 10 heteroatoms. The fraction of sp³-hybridized carbons (Fsp3) is 0.0625. The number of anilines is 1. The molecule has 1 aromatic heterocycles. The van der Waals surface area contributed by atoms with E-state index in [0.29, 0.717) is 44.9 Å². The van der Waals surface area contributed by atoms with Crippen molar-refractivity contribution in [3.63, 3.8) is 0 Å². The fourth-order valence-corrected chi connectivity index (χ4v) is 3.10. The molecule has 0 bridgehead atoms. The van der Waals surface area contributed by atoms with E-state index in [1.807, 2.05) is 0 Å². The van der Waals surface area contributed by atoms with Crippen LogP contribution in [0, 0.1) is 0 Å². The molecule has 0 atom stereocenters. The van der Waals surface area contributed by atoms with Gasteiger partial charge in [-0.15, -0.1) is 0 Å². The average molecular weight is 385 g/mol. The first-order chi connectivity index (χ1) is 12.2. The minimum atomic E-state index is -4.92. The van der Waals surface area contributed by atoms with Gasteiger partial charge in [0.1, 0.15) is 0 Å². The number of ether oxygens (including phenoxy) is 1. The minimum absolute atomic E-state index is 0.0456. The molecular formula is C16H12NNaO7S. The molecule has 0 spiro atoms. The summed E-state index contributed by atoms with van der Waals surface area (Å²) in [5, 5.41) is 0.192. The van der Waals surface area contributed by atoms with Gasteiger partial charge < -0.3 is 0 Å². The Morgan fingerprint density at radius 3 is 2.54 bits per heavy atom. The predicted molar refractivity (Wildman–Crippen MR) is 96.4 cm³/mol. The zero-order chi connectivity index (χ0) is 19.1. The van der Waals surface area contributed by atoms with Crippen LogP contribution in [0.15, 0.2) is 45.6 Å². The Morgan fingerprint density at radius 1 is 1.19 bits per heavy atom. The topological polar surface area (TPSA) is 129 Å². The number of methoxy groups -OCH3 is 1. The number of benzene rings is 2. The van der Waals surface area contributed by atoms with Crippen molar-refractivity contribution >= 4 is 57.8 Å². The molecule has 2 aromatic carbocycles. The van der Waals surface area contributed by atoms with Crippen molar-refractivity contribution in [3.05, 3.63) is 46.6 Å². The van der Waals surface area contributed by atoms with E-state index in [0.717, 1.165) is 2.81 Å². The number of hydrogen-bond acceptors (Lipinski definition) is 7. The van der Waals surface area contributed by atoms with Crippen molar-refractivity contribution in [1.29, 1.82) is 0 Å². The van der Waals surface area contributed by atoms with E-state index in [4.69, 9.17) is 19.4 Å². The normalized spacial score (nSPS) is 11.5. The third-order valence-electron chi connectivity index (χ3n) is 3.82. The van der Waals surface area contributed by atoms with Gasteiger partial charge >= 0.3 is 166 Å². The molecule has 0 aliphatic rings. The summed E-state index contributed by atoms with van der Waals surface area (Å²) in [4.78, 5) is 12.9.